The van der Waals surface area contributed by atoms with Crippen LogP contribution in [-0.2, 0) is 0 Å². The van der Waals surface area contributed by atoms with Gasteiger partial charge in [0.15, 0.2) is 0 Å². The van der Waals surface area contributed by atoms with Gasteiger partial charge >= 0.3 is 0 Å². The van der Waals surface area contributed by atoms with Crippen molar-refractivity contribution in [1.29, 1.82) is 0 Å². The van der Waals surface area contributed by atoms with E-state index in [9.17, 15) is 0 Å². The van der Waals surface area contributed by atoms with Crippen LogP contribution in [0.15, 0.2) is 0 Å². The number of unbranched alkanes of at least 4 members (excludes halogenated alkanes) is 5. The molecule has 0 heterocycles. The van der Waals surface area contributed by atoms with Gasteiger partial charge in [-0.1, -0.05) is 71.6 Å². The van der Waals surface area contributed by atoms with E-state index >= 15 is 0 Å². The molecule has 17 heavy (non-hydrogen) atoms. The van der Waals surface area contributed by atoms with Crippen LogP contribution in [-0.4, -0.2) is 0 Å². The van der Waals surface area contributed by atoms with Crippen molar-refractivity contribution in [2.45, 2.75) is 97.3 Å². The summed E-state index contributed by atoms with van der Waals surface area (Å²) in [7, 11) is 0. The third kappa shape index (κ3) is 6.48. The molecular weight excluding hydrogens is 204 g/mol. The lowest BCUT2D eigenvalue weighted by molar-refractivity contribution is 0.407. The second-order valence-electron chi connectivity index (χ2n) is 5.91. The highest BCUT2D eigenvalue weighted by atomic mass is 14.3. The Hall–Kier alpha value is 0. The van der Waals surface area contributed by atoms with Crippen molar-refractivity contribution < 1.29 is 0 Å². The molecule has 0 N–H and O–H groups in total. The molecule has 0 amide bonds. The SMILES string of the molecule is CCCCCCC(CCCCC)[C]1CCCC1. The minimum atomic E-state index is 1.00. The Balaban J connectivity index is 2.20. The molecule has 0 aliphatic heterocycles. The van der Waals surface area contributed by atoms with Crippen LogP contribution in [0.5, 0.6) is 0 Å². The van der Waals surface area contributed by atoms with Crippen LogP contribution in [0.3, 0.4) is 0 Å². The molecule has 101 valence electrons. The molecule has 0 aromatic carbocycles. The summed E-state index contributed by atoms with van der Waals surface area (Å²) in [5, 5.41) is 0. The summed E-state index contributed by atoms with van der Waals surface area (Å²) < 4.78 is 0. The van der Waals surface area contributed by atoms with Gasteiger partial charge in [-0.15, -0.1) is 0 Å². The topological polar surface area (TPSA) is 0 Å². The average molecular weight is 237 g/mol. The molecule has 0 spiro atoms. The molecule has 1 radical (unpaired) electrons. The zero-order valence-corrected chi connectivity index (χ0v) is 12.3. The largest absolute Gasteiger partial charge is 0.0654 e. The molecule has 0 bridgehead atoms. The van der Waals surface area contributed by atoms with E-state index in [1.54, 1.807) is 0 Å². The third-order valence-corrected chi connectivity index (χ3v) is 4.39. The van der Waals surface area contributed by atoms with Crippen LogP contribution < -0.4 is 0 Å². The lowest BCUT2D eigenvalue weighted by Gasteiger charge is -2.23. The minimum Gasteiger partial charge on any atom is -0.0654 e. The Morgan fingerprint density at radius 1 is 0.765 bits per heavy atom. The van der Waals surface area contributed by atoms with Crippen LogP contribution in [0.25, 0.3) is 0 Å². The van der Waals surface area contributed by atoms with E-state index in [2.05, 4.69) is 13.8 Å². The van der Waals surface area contributed by atoms with Gasteiger partial charge in [-0.2, -0.15) is 0 Å². The molecule has 1 aliphatic carbocycles. The minimum absolute atomic E-state index is 1.00. The summed E-state index contributed by atoms with van der Waals surface area (Å²) in [4.78, 5) is 0. The summed E-state index contributed by atoms with van der Waals surface area (Å²) in [6.07, 6.45) is 18.9. The zero-order chi connectivity index (χ0) is 12.3. The molecule has 1 atom stereocenters. The van der Waals surface area contributed by atoms with Gasteiger partial charge in [-0.05, 0) is 37.5 Å². The van der Waals surface area contributed by atoms with Crippen LogP contribution in [0.2, 0.25) is 0 Å². The first-order valence-corrected chi connectivity index (χ1v) is 8.23. The van der Waals surface area contributed by atoms with Gasteiger partial charge in [0.25, 0.3) is 0 Å². The zero-order valence-electron chi connectivity index (χ0n) is 12.3. The normalized spacial score (nSPS) is 18.7. The second kappa shape index (κ2) is 9.97. The Kier molecular flexibility index (Phi) is 8.83. The highest BCUT2D eigenvalue weighted by Crippen LogP contribution is 2.38. The number of rotatable bonds is 10. The van der Waals surface area contributed by atoms with Crippen molar-refractivity contribution >= 4 is 0 Å². The summed E-state index contributed by atoms with van der Waals surface area (Å²) in [6.45, 7) is 4.63. The summed E-state index contributed by atoms with van der Waals surface area (Å²) in [5.41, 5.74) is 0. The van der Waals surface area contributed by atoms with Gasteiger partial charge in [0, 0.05) is 0 Å². The first-order valence-electron chi connectivity index (χ1n) is 8.23. The molecule has 0 saturated heterocycles. The van der Waals surface area contributed by atoms with Crippen molar-refractivity contribution in [3.63, 3.8) is 0 Å². The molecule has 0 heteroatoms. The molecule has 1 saturated carbocycles. The van der Waals surface area contributed by atoms with E-state index in [-0.39, 0.29) is 0 Å². The lowest BCUT2D eigenvalue weighted by Crippen LogP contribution is -2.10. The summed E-state index contributed by atoms with van der Waals surface area (Å²) in [5.74, 6) is 2.94. The maximum atomic E-state index is 2.32. The van der Waals surface area contributed by atoms with Gasteiger partial charge in [0.1, 0.15) is 0 Å². The third-order valence-electron chi connectivity index (χ3n) is 4.39. The van der Waals surface area contributed by atoms with Crippen LogP contribution in [0, 0.1) is 11.8 Å². The van der Waals surface area contributed by atoms with Crippen LogP contribution in [0.4, 0.5) is 0 Å². The number of hydrogen-bond donors (Lipinski definition) is 0. The van der Waals surface area contributed by atoms with E-state index in [0.29, 0.717) is 0 Å². The molecule has 0 aromatic heterocycles. The van der Waals surface area contributed by atoms with Gasteiger partial charge < -0.3 is 0 Å². The lowest BCUT2D eigenvalue weighted by atomic mass is 9.82. The molecule has 0 aromatic rings. The predicted octanol–water partition coefficient (Wildman–Crippen LogP) is 6.30. The summed E-state index contributed by atoms with van der Waals surface area (Å²) in [6, 6.07) is 0. The Morgan fingerprint density at radius 3 is 1.88 bits per heavy atom. The van der Waals surface area contributed by atoms with Gasteiger partial charge in [-0.3, -0.25) is 0 Å². The first-order chi connectivity index (χ1) is 8.38. The first kappa shape index (κ1) is 15.1. The molecule has 0 nitrogen and oxygen atoms in total. The van der Waals surface area contributed by atoms with E-state index in [1.165, 1.54) is 83.5 Å². The molecular formula is C17H33. The fourth-order valence-corrected chi connectivity index (χ4v) is 3.25. The molecule has 1 aliphatic rings. The Bertz CT molecular complexity index is 155. The van der Waals surface area contributed by atoms with Crippen molar-refractivity contribution in [2.75, 3.05) is 0 Å². The van der Waals surface area contributed by atoms with E-state index in [4.69, 9.17) is 0 Å². The highest BCUT2D eigenvalue weighted by molar-refractivity contribution is 5.00. The smallest absolute Gasteiger partial charge is 0.0210 e. The second-order valence-corrected chi connectivity index (χ2v) is 5.91. The molecule has 1 rings (SSSR count). The fraction of sp³-hybridized carbons (Fsp3) is 0.941. The van der Waals surface area contributed by atoms with E-state index in [1.807, 2.05) is 5.92 Å². The Labute approximate surface area is 110 Å². The van der Waals surface area contributed by atoms with Crippen molar-refractivity contribution in [2.24, 2.45) is 5.92 Å². The van der Waals surface area contributed by atoms with E-state index in [0.717, 1.165) is 5.92 Å². The van der Waals surface area contributed by atoms with Crippen molar-refractivity contribution in [1.82, 2.24) is 0 Å². The van der Waals surface area contributed by atoms with Crippen molar-refractivity contribution in [3.05, 3.63) is 5.92 Å². The Morgan fingerprint density at radius 2 is 1.29 bits per heavy atom. The molecule has 1 fully saturated rings. The van der Waals surface area contributed by atoms with Gasteiger partial charge in [0.05, 0.1) is 0 Å². The predicted molar refractivity (Wildman–Crippen MR) is 78.1 cm³/mol. The highest BCUT2D eigenvalue weighted by Gasteiger charge is 2.24. The summed E-state index contributed by atoms with van der Waals surface area (Å²) >= 11 is 0. The number of hydrogen-bond acceptors (Lipinski definition) is 0. The van der Waals surface area contributed by atoms with Crippen LogP contribution in [0.1, 0.15) is 97.3 Å². The van der Waals surface area contributed by atoms with E-state index < -0.39 is 0 Å². The quantitative estimate of drug-likeness (QED) is 0.391. The van der Waals surface area contributed by atoms with Gasteiger partial charge in [0.2, 0.25) is 0 Å². The maximum absolute atomic E-state index is 2.32. The monoisotopic (exact) mass is 237 g/mol. The van der Waals surface area contributed by atoms with Crippen LogP contribution >= 0.6 is 0 Å². The average Bonchev–Trinajstić information content (AvgIpc) is 2.86. The standard InChI is InChI=1S/C17H33/c1-3-5-7-9-13-16(12-8-6-4-2)17-14-10-11-15-17/h16H,3-15H2,1-2H3. The van der Waals surface area contributed by atoms with Crippen molar-refractivity contribution in [3.8, 4) is 0 Å². The van der Waals surface area contributed by atoms with Gasteiger partial charge in [-0.25, -0.2) is 0 Å². The fourth-order valence-electron chi connectivity index (χ4n) is 3.25. The molecule has 1 unspecified atom stereocenters. The maximum Gasteiger partial charge on any atom is -0.0210 e.